The van der Waals surface area contributed by atoms with E-state index in [0.29, 0.717) is 11.5 Å². The van der Waals surface area contributed by atoms with Gasteiger partial charge in [0.2, 0.25) is 0 Å². The number of rotatable bonds is 6. The molecule has 0 atom stereocenters. The Hall–Kier alpha value is -2.95. The quantitative estimate of drug-likeness (QED) is 0.711. The highest BCUT2D eigenvalue weighted by Crippen LogP contribution is 2.36. The van der Waals surface area contributed by atoms with E-state index in [4.69, 9.17) is 9.47 Å². The Bertz CT molecular complexity index is 927. The number of methoxy groups -OCH3 is 2. The second-order valence-corrected chi connectivity index (χ2v) is 5.85. The maximum Gasteiger partial charge on any atom is 0.307 e. The number of aromatic amines is 1. The highest BCUT2D eigenvalue weighted by molar-refractivity contribution is 5.94. The van der Waals surface area contributed by atoms with Gasteiger partial charge in [-0.05, 0) is 47.9 Å². The van der Waals surface area contributed by atoms with Crippen molar-refractivity contribution in [1.82, 2.24) is 4.98 Å². The summed E-state index contributed by atoms with van der Waals surface area (Å²) in [6.07, 6.45) is 0.857. The van der Waals surface area contributed by atoms with Crippen LogP contribution < -0.4 is 9.47 Å². The molecule has 2 N–H and O–H groups in total. The van der Waals surface area contributed by atoms with E-state index < -0.39 is 5.97 Å². The Morgan fingerprint density at radius 2 is 1.84 bits per heavy atom. The summed E-state index contributed by atoms with van der Waals surface area (Å²) in [5, 5.41) is 10.3. The van der Waals surface area contributed by atoms with E-state index >= 15 is 0 Å². The lowest BCUT2D eigenvalue weighted by molar-refractivity contribution is -0.136. The van der Waals surface area contributed by atoms with Crippen LogP contribution in [0.25, 0.3) is 22.2 Å². The molecule has 0 saturated heterocycles. The van der Waals surface area contributed by atoms with Gasteiger partial charge in [-0.3, -0.25) is 4.79 Å². The number of carboxylic acids is 1. The van der Waals surface area contributed by atoms with Crippen LogP contribution in [-0.2, 0) is 17.6 Å². The first-order chi connectivity index (χ1) is 12.1. The molecule has 0 bridgehead atoms. The van der Waals surface area contributed by atoms with E-state index in [1.807, 2.05) is 24.3 Å². The van der Waals surface area contributed by atoms with Crippen LogP contribution in [0.1, 0.15) is 18.1 Å². The largest absolute Gasteiger partial charge is 0.493 e. The summed E-state index contributed by atoms with van der Waals surface area (Å²) in [6, 6.07) is 11.7. The van der Waals surface area contributed by atoms with Gasteiger partial charge in [-0.15, -0.1) is 0 Å². The molecular weight excluding hydrogens is 318 g/mol. The molecule has 1 heterocycles. The molecule has 0 spiro atoms. The summed E-state index contributed by atoms with van der Waals surface area (Å²) in [7, 11) is 3.17. The SMILES string of the molecule is CCc1ccc2[nH]c(-c3ccc(OC)c(OC)c3)c(CC(=O)O)c2c1. The standard InChI is InChI=1S/C20H21NO4/c1-4-12-5-7-16-14(9-12)15(11-19(22)23)20(21-16)13-6-8-17(24-2)18(10-13)25-3/h5-10,21H,4,11H2,1-3H3,(H,22,23). The summed E-state index contributed by atoms with van der Waals surface area (Å²) in [4.78, 5) is 14.8. The lowest BCUT2D eigenvalue weighted by Gasteiger charge is -2.10. The molecule has 2 aromatic carbocycles. The van der Waals surface area contributed by atoms with Gasteiger partial charge in [0.15, 0.2) is 11.5 Å². The topological polar surface area (TPSA) is 71.5 Å². The van der Waals surface area contributed by atoms with E-state index in [9.17, 15) is 9.90 Å². The van der Waals surface area contributed by atoms with Gasteiger partial charge in [-0.2, -0.15) is 0 Å². The third-order valence-electron chi connectivity index (χ3n) is 4.38. The van der Waals surface area contributed by atoms with Gasteiger partial charge < -0.3 is 19.6 Å². The number of nitrogens with one attached hydrogen (secondary N) is 1. The van der Waals surface area contributed by atoms with Crippen molar-refractivity contribution in [2.45, 2.75) is 19.8 Å². The van der Waals surface area contributed by atoms with Crippen molar-refractivity contribution in [3.05, 3.63) is 47.5 Å². The molecule has 5 heteroatoms. The summed E-state index contributed by atoms with van der Waals surface area (Å²) in [5.41, 5.74) is 4.55. The van der Waals surface area contributed by atoms with Crippen molar-refractivity contribution < 1.29 is 19.4 Å². The first-order valence-corrected chi connectivity index (χ1v) is 8.15. The average Bonchev–Trinajstić information content (AvgIpc) is 2.98. The van der Waals surface area contributed by atoms with E-state index in [0.717, 1.165) is 34.1 Å². The van der Waals surface area contributed by atoms with Gasteiger partial charge in [-0.1, -0.05) is 13.0 Å². The Balaban J connectivity index is 2.22. The predicted molar refractivity (Wildman–Crippen MR) is 97.6 cm³/mol. The normalized spacial score (nSPS) is 10.8. The van der Waals surface area contributed by atoms with Crippen molar-refractivity contribution in [3.63, 3.8) is 0 Å². The minimum Gasteiger partial charge on any atom is -0.493 e. The van der Waals surface area contributed by atoms with Crippen LogP contribution in [0.5, 0.6) is 11.5 Å². The second kappa shape index (κ2) is 6.89. The third kappa shape index (κ3) is 3.18. The number of H-pyrrole nitrogens is 1. The maximum absolute atomic E-state index is 11.4. The lowest BCUT2D eigenvalue weighted by atomic mass is 10.0. The Labute approximate surface area is 146 Å². The number of carbonyl (C=O) groups is 1. The second-order valence-electron chi connectivity index (χ2n) is 5.85. The number of fused-ring (bicyclic) bond motifs is 1. The van der Waals surface area contributed by atoms with Gasteiger partial charge in [0, 0.05) is 16.5 Å². The fraction of sp³-hybridized carbons (Fsp3) is 0.250. The molecule has 5 nitrogen and oxygen atoms in total. The average molecular weight is 339 g/mol. The zero-order valence-corrected chi connectivity index (χ0v) is 14.6. The number of ether oxygens (including phenoxy) is 2. The number of carboxylic acid groups (broad SMARTS) is 1. The molecule has 0 saturated carbocycles. The van der Waals surface area contributed by atoms with Crippen LogP contribution in [0, 0.1) is 0 Å². The minimum absolute atomic E-state index is 0.0448. The monoisotopic (exact) mass is 339 g/mol. The lowest BCUT2D eigenvalue weighted by Crippen LogP contribution is -2.01. The zero-order chi connectivity index (χ0) is 18.0. The molecule has 0 fully saturated rings. The van der Waals surface area contributed by atoms with Crippen LogP contribution in [0.3, 0.4) is 0 Å². The Morgan fingerprint density at radius 3 is 2.48 bits per heavy atom. The molecule has 3 rings (SSSR count). The molecule has 0 aliphatic rings. The van der Waals surface area contributed by atoms with Gasteiger partial charge in [-0.25, -0.2) is 0 Å². The van der Waals surface area contributed by atoms with Crippen LogP contribution in [0.2, 0.25) is 0 Å². The van der Waals surface area contributed by atoms with E-state index in [2.05, 4.69) is 24.0 Å². The fourth-order valence-electron chi connectivity index (χ4n) is 3.09. The number of aliphatic carboxylic acids is 1. The van der Waals surface area contributed by atoms with Crippen molar-refractivity contribution in [2.24, 2.45) is 0 Å². The number of hydrogen-bond acceptors (Lipinski definition) is 3. The summed E-state index contributed by atoms with van der Waals surface area (Å²) < 4.78 is 10.7. The first kappa shape index (κ1) is 16.9. The highest BCUT2D eigenvalue weighted by Gasteiger charge is 2.17. The van der Waals surface area contributed by atoms with Gasteiger partial charge in [0.05, 0.1) is 26.3 Å². The summed E-state index contributed by atoms with van der Waals surface area (Å²) >= 11 is 0. The smallest absolute Gasteiger partial charge is 0.307 e. The predicted octanol–water partition coefficient (Wildman–Crippen LogP) is 4.04. The number of aryl methyl sites for hydroxylation is 1. The van der Waals surface area contributed by atoms with E-state index in [-0.39, 0.29) is 6.42 Å². The van der Waals surface area contributed by atoms with E-state index in [1.165, 1.54) is 5.56 Å². The zero-order valence-electron chi connectivity index (χ0n) is 14.6. The van der Waals surface area contributed by atoms with Gasteiger partial charge in [0.25, 0.3) is 0 Å². The maximum atomic E-state index is 11.4. The van der Waals surface area contributed by atoms with Crippen molar-refractivity contribution in [1.29, 1.82) is 0 Å². The van der Waals surface area contributed by atoms with Crippen LogP contribution in [0.15, 0.2) is 36.4 Å². The van der Waals surface area contributed by atoms with Crippen LogP contribution >= 0.6 is 0 Å². The summed E-state index contributed by atoms with van der Waals surface area (Å²) in [5.74, 6) is 0.383. The number of aromatic nitrogens is 1. The van der Waals surface area contributed by atoms with Crippen LogP contribution in [-0.4, -0.2) is 30.3 Å². The molecule has 0 aliphatic carbocycles. The molecule has 0 amide bonds. The van der Waals surface area contributed by atoms with Crippen LogP contribution in [0.4, 0.5) is 0 Å². The van der Waals surface area contributed by atoms with Gasteiger partial charge >= 0.3 is 5.97 Å². The van der Waals surface area contributed by atoms with E-state index in [1.54, 1.807) is 14.2 Å². The molecule has 25 heavy (non-hydrogen) atoms. The molecule has 130 valence electrons. The van der Waals surface area contributed by atoms with Crippen molar-refractivity contribution in [2.75, 3.05) is 14.2 Å². The number of hydrogen-bond donors (Lipinski definition) is 2. The third-order valence-corrected chi connectivity index (χ3v) is 4.38. The molecule has 1 aromatic heterocycles. The first-order valence-electron chi connectivity index (χ1n) is 8.15. The molecule has 0 radical (unpaired) electrons. The summed E-state index contributed by atoms with van der Waals surface area (Å²) in [6.45, 7) is 2.08. The Morgan fingerprint density at radius 1 is 1.08 bits per heavy atom. The minimum atomic E-state index is -0.857. The Kier molecular flexibility index (Phi) is 4.65. The van der Waals surface area contributed by atoms with Crippen molar-refractivity contribution >= 4 is 16.9 Å². The molecular formula is C20H21NO4. The van der Waals surface area contributed by atoms with Gasteiger partial charge in [0.1, 0.15) is 0 Å². The molecule has 3 aromatic rings. The fourth-order valence-corrected chi connectivity index (χ4v) is 3.09. The van der Waals surface area contributed by atoms with Crippen molar-refractivity contribution in [3.8, 4) is 22.8 Å². The number of benzene rings is 2. The molecule has 0 unspecified atom stereocenters. The highest BCUT2D eigenvalue weighted by atomic mass is 16.5. The molecule has 0 aliphatic heterocycles.